The van der Waals surface area contributed by atoms with Crippen molar-refractivity contribution < 1.29 is 32.6 Å². The van der Waals surface area contributed by atoms with E-state index in [1.807, 2.05) is 0 Å². The van der Waals surface area contributed by atoms with Crippen molar-refractivity contribution in [3.8, 4) is 5.75 Å². The monoisotopic (exact) mass is 319 g/mol. The second kappa shape index (κ2) is 7.15. The summed E-state index contributed by atoms with van der Waals surface area (Å²) >= 11 is 0. The van der Waals surface area contributed by atoms with Crippen LogP contribution in [-0.2, 0) is 16.0 Å². The van der Waals surface area contributed by atoms with Gasteiger partial charge in [-0.1, -0.05) is 12.1 Å². The highest BCUT2D eigenvalue weighted by molar-refractivity contribution is 5.80. The van der Waals surface area contributed by atoms with Crippen LogP contribution in [0.2, 0.25) is 0 Å². The maximum Gasteiger partial charge on any atom is 0.573 e. The molecule has 2 atom stereocenters. The summed E-state index contributed by atoms with van der Waals surface area (Å²) in [4.78, 5) is 22.5. The largest absolute Gasteiger partial charge is 0.573 e. The van der Waals surface area contributed by atoms with Gasteiger partial charge in [0.05, 0.1) is 12.3 Å². The highest BCUT2D eigenvalue weighted by atomic mass is 19.4. The van der Waals surface area contributed by atoms with Crippen LogP contribution in [0.4, 0.5) is 13.2 Å². The van der Waals surface area contributed by atoms with E-state index in [0.29, 0.717) is 5.56 Å². The molecule has 5 nitrogen and oxygen atoms in total. The van der Waals surface area contributed by atoms with Gasteiger partial charge < -0.3 is 15.2 Å². The molecule has 0 aromatic heterocycles. The molecule has 1 rings (SSSR count). The summed E-state index contributed by atoms with van der Waals surface area (Å²) < 4.78 is 39.7. The number of alkyl halides is 3. The summed E-state index contributed by atoms with van der Waals surface area (Å²) in [5, 5.41) is 11.4. The van der Waals surface area contributed by atoms with Gasteiger partial charge in [0, 0.05) is 6.04 Å². The van der Waals surface area contributed by atoms with E-state index in [-0.39, 0.29) is 12.2 Å². The van der Waals surface area contributed by atoms with Crippen molar-refractivity contribution in [3.63, 3.8) is 0 Å². The molecule has 22 heavy (non-hydrogen) atoms. The fourth-order valence-corrected chi connectivity index (χ4v) is 1.64. The third-order valence-electron chi connectivity index (χ3n) is 3.05. The number of ether oxygens (including phenoxy) is 1. The Balaban J connectivity index is 2.56. The van der Waals surface area contributed by atoms with Gasteiger partial charge in [0.2, 0.25) is 5.91 Å². The van der Waals surface area contributed by atoms with Gasteiger partial charge in [0.25, 0.3) is 0 Å². The molecule has 0 saturated heterocycles. The standard InChI is InChI=1S/C14H16F3NO4/c1-8(13(20)21)9(2)18-12(19)7-10-3-5-11(6-4-10)22-14(15,16)17/h3-6,8-9H,7H2,1-2H3,(H,18,19)(H,20,21). The number of benzene rings is 1. The first kappa shape index (κ1) is 17.8. The predicted molar refractivity (Wildman–Crippen MR) is 71.2 cm³/mol. The lowest BCUT2D eigenvalue weighted by molar-refractivity contribution is -0.274. The van der Waals surface area contributed by atoms with Gasteiger partial charge in [0.1, 0.15) is 5.75 Å². The Labute approximate surface area is 125 Å². The Morgan fingerprint density at radius 2 is 1.77 bits per heavy atom. The average Bonchev–Trinajstić information content (AvgIpc) is 2.38. The van der Waals surface area contributed by atoms with Gasteiger partial charge in [-0.2, -0.15) is 0 Å². The molecule has 0 aliphatic rings. The van der Waals surface area contributed by atoms with Gasteiger partial charge >= 0.3 is 12.3 Å². The summed E-state index contributed by atoms with van der Waals surface area (Å²) in [7, 11) is 0. The maximum absolute atomic E-state index is 12.0. The Hall–Kier alpha value is -2.25. The summed E-state index contributed by atoms with van der Waals surface area (Å²) in [6.45, 7) is 3.04. The van der Waals surface area contributed by atoms with Crippen LogP contribution in [0.25, 0.3) is 0 Å². The van der Waals surface area contributed by atoms with Crippen molar-refractivity contribution in [3.05, 3.63) is 29.8 Å². The molecule has 122 valence electrons. The van der Waals surface area contributed by atoms with Gasteiger partial charge in [-0.3, -0.25) is 9.59 Å². The number of carbonyl (C=O) groups is 2. The van der Waals surface area contributed by atoms with Crippen LogP contribution in [0.3, 0.4) is 0 Å². The van der Waals surface area contributed by atoms with Crippen LogP contribution in [0.15, 0.2) is 24.3 Å². The van der Waals surface area contributed by atoms with Crippen LogP contribution < -0.4 is 10.1 Å². The lowest BCUT2D eigenvalue weighted by Crippen LogP contribution is -2.40. The topological polar surface area (TPSA) is 75.6 Å². The highest BCUT2D eigenvalue weighted by Crippen LogP contribution is 2.22. The van der Waals surface area contributed by atoms with Crippen molar-refractivity contribution in [1.82, 2.24) is 5.32 Å². The normalized spacial score (nSPS) is 14.0. The third-order valence-corrected chi connectivity index (χ3v) is 3.05. The molecule has 1 aromatic rings. The zero-order valence-electron chi connectivity index (χ0n) is 12.0. The number of hydrogen-bond acceptors (Lipinski definition) is 3. The molecule has 2 N–H and O–H groups in total. The Kier molecular flexibility index (Phi) is 5.78. The number of halogens is 3. The number of amides is 1. The zero-order valence-corrected chi connectivity index (χ0v) is 12.0. The van der Waals surface area contributed by atoms with Gasteiger partial charge in [-0.05, 0) is 31.5 Å². The lowest BCUT2D eigenvalue weighted by Gasteiger charge is -2.17. The molecular formula is C14H16F3NO4. The first-order valence-electron chi connectivity index (χ1n) is 6.45. The molecule has 0 bridgehead atoms. The molecule has 0 heterocycles. The van der Waals surface area contributed by atoms with Crippen LogP contribution in [0, 0.1) is 5.92 Å². The number of carboxylic acid groups (broad SMARTS) is 1. The van der Waals surface area contributed by atoms with Gasteiger partial charge in [0.15, 0.2) is 0 Å². The van der Waals surface area contributed by atoms with E-state index in [2.05, 4.69) is 10.1 Å². The smallest absolute Gasteiger partial charge is 0.481 e. The number of hydrogen-bond donors (Lipinski definition) is 2. The summed E-state index contributed by atoms with van der Waals surface area (Å²) in [6.07, 6.45) is -4.83. The van der Waals surface area contributed by atoms with Crippen molar-refractivity contribution in [2.24, 2.45) is 5.92 Å². The zero-order chi connectivity index (χ0) is 16.9. The lowest BCUT2D eigenvalue weighted by atomic mass is 10.0. The molecule has 8 heteroatoms. The second-order valence-electron chi connectivity index (χ2n) is 4.85. The molecule has 0 saturated carbocycles. The molecule has 1 amide bonds. The number of carbonyl (C=O) groups excluding carboxylic acids is 1. The molecule has 0 spiro atoms. The van der Waals surface area contributed by atoms with E-state index in [0.717, 1.165) is 12.1 Å². The van der Waals surface area contributed by atoms with Gasteiger partial charge in [-0.25, -0.2) is 0 Å². The maximum atomic E-state index is 12.0. The minimum absolute atomic E-state index is 0.0665. The van der Waals surface area contributed by atoms with E-state index >= 15 is 0 Å². The Bertz CT molecular complexity index is 528. The Morgan fingerprint density at radius 3 is 2.23 bits per heavy atom. The molecule has 2 unspecified atom stereocenters. The molecule has 0 aliphatic heterocycles. The van der Waals surface area contributed by atoms with E-state index in [1.165, 1.54) is 19.1 Å². The number of rotatable bonds is 6. The summed E-state index contributed by atoms with van der Waals surface area (Å²) in [5.74, 6) is -2.55. The van der Waals surface area contributed by atoms with Crippen molar-refractivity contribution in [2.45, 2.75) is 32.7 Å². The van der Waals surface area contributed by atoms with Crippen LogP contribution in [0.1, 0.15) is 19.4 Å². The first-order valence-corrected chi connectivity index (χ1v) is 6.45. The first-order chi connectivity index (χ1) is 10.1. The van der Waals surface area contributed by atoms with Gasteiger partial charge in [-0.15, -0.1) is 13.2 Å². The average molecular weight is 319 g/mol. The molecule has 0 radical (unpaired) electrons. The van der Waals surface area contributed by atoms with Crippen molar-refractivity contribution in [2.75, 3.05) is 0 Å². The molecule has 1 aromatic carbocycles. The fourth-order valence-electron chi connectivity index (χ4n) is 1.64. The van der Waals surface area contributed by atoms with Crippen LogP contribution >= 0.6 is 0 Å². The van der Waals surface area contributed by atoms with E-state index < -0.39 is 30.2 Å². The summed E-state index contributed by atoms with van der Waals surface area (Å²) in [6, 6.07) is 4.34. The number of nitrogens with one attached hydrogen (secondary N) is 1. The molecular weight excluding hydrogens is 303 g/mol. The third kappa shape index (κ3) is 6.02. The Morgan fingerprint density at radius 1 is 1.23 bits per heavy atom. The predicted octanol–water partition coefficient (Wildman–Crippen LogP) is 2.35. The minimum Gasteiger partial charge on any atom is -0.481 e. The van der Waals surface area contributed by atoms with Crippen molar-refractivity contribution in [1.29, 1.82) is 0 Å². The quantitative estimate of drug-likeness (QED) is 0.844. The number of carboxylic acids is 1. The van der Waals surface area contributed by atoms with E-state index in [1.54, 1.807) is 6.92 Å². The number of aliphatic carboxylic acids is 1. The SMILES string of the molecule is CC(NC(=O)Cc1ccc(OC(F)(F)F)cc1)C(C)C(=O)O. The van der Waals surface area contributed by atoms with Crippen LogP contribution in [-0.4, -0.2) is 29.4 Å². The van der Waals surface area contributed by atoms with Crippen LogP contribution in [0.5, 0.6) is 5.75 Å². The second-order valence-corrected chi connectivity index (χ2v) is 4.85. The van der Waals surface area contributed by atoms with E-state index in [9.17, 15) is 22.8 Å². The highest BCUT2D eigenvalue weighted by Gasteiger charge is 2.31. The molecule has 0 fully saturated rings. The van der Waals surface area contributed by atoms with Crippen molar-refractivity contribution >= 4 is 11.9 Å². The fraction of sp³-hybridized carbons (Fsp3) is 0.429. The molecule has 0 aliphatic carbocycles. The van der Waals surface area contributed by atoms with E-state index in [4.69, 9.17) is 5.11 Å². The summed E-state index contributed by atoms with van der Waals surface area (Å²) in [5.41, 5.74) is 0.488. The minimum atomic E-state index is -4.76.